The molecule has 0 aliphatic carbocycles. The maximum Gasteiger partial charge on any atom is 0.416 e. The number of thiocarbonyl (C=S) groups is 1. The Bertz CT molecular complexity index is 958. The van der Waals surface area contributed by atoms with Gasteiger partial charge < -0.3 is 15.4 Å². The molecule has 0 unspecified atom stereocenters. The molecule has 4 nitrogen and oxygen atoms in total. The average molecular weight is 427 g/mol. The van der Waals surface area contributed by atoms with Crippen molar-refractivity contribution in [3.63, 3.8) is 0 Å². The number of carbonyl (C=O) groups is 1. The molecule has 0 radical (unpaired) electrons. The van der Waals surface area contributed by atoms with Crippen LogP contribution >= 0.6 is 23.8 Å². The molecule has 3 rings (SSSR count). The van der Waals surface area contributed by atoms with Crippen LogP contribution in [-0.4, -0.2) is 18.2 Å². The second-order valence-electron chi connectivity index (χ2n) is 5.90. The lowest BCUT2D eigenvalue weighted by atomic mass is 9.90. The van der Waals surface area contributed by atoms with Crippen molar-refractivity contribution in [2.45, 2.75) is 12.2 Å². The van der Waals surface area contributed by atoms with Crippen molar-refractivity contribution in [2.24, 2.45) is 0 Å². The first-order valence-electron chi connectivity index (χ1n) is 8.04. The molecule has 9 heteroatoms. The molecule has 0 amide bonds. The van der Waals surface area contributed by atoms with Crippen molar-refractivity contribution in [3.8, 4) is 0 Å². The van der Waals surface area contributed by atoms with E-state index in [-0.39, 0.29) is 21.9 Å². The highest BCUT2D eigenvalue weighted by atomic mass is 35.5. The van der Waals surface area contributed by atoms with Gasteiger partial charge in [0.05, 0.1) is 30.0 Å². The molecule has 2 aromatic carbocycles. The zero-order valence-corrected chi connectivity index (χ0v) is 16.0. The minimum absolute atomic E-state index is 0.0184. The first kappa shape index (κ1) is 20.2. The lowest BCUT2D eigenvalue weighted by Gasteiger charge is -2.32. The van der Waals surface area contributed by atoms with E-state index in [1.807, 2.05) is 0 Å². The molecule has 1 aliphatic heterocycles. The van der Waals surface area contributed by atoms with Crippen LogP contribution in [0.5, 0.6) is 0 Å². The van der Waals surface area contributed by atoms with Crippen LogP contribution in [0.1, 0.15) is 22.7 Å². The third-order valence-corrected chi connectivity index (χ3v) is 4.66. The Labute approximate surface area is 169 Å². The summed E-state index contributed by atoms with van der Waals surface area (Å²) in [5.74, 6) is -0.783. The third kappa shape index (κ3) is 3.98. The molecular weight excluding hydrogens is 413 g/mol. The molecule has 1 heterocycles. The lowest BCUT2D eigenvalue weighted by Crippen LogP contribution is -2.45. The average Bonchev–Trinajstić information content (AvgIpc) is 2.66. The van der Waals surface area contributed by atoms with Gasteiger partial charge in [-0.1, -0.05) is 41.9 Å². The monoisotopic (exact) mass is 426 g/mol. The summed E-state index contributed by atoms with van der Waals surface area (Å²) in [6.07, 6.45) is -4.60. The summed E-state index contributed by atoms with van der Waals surface area (Å²) >= 11 is 11.1. The highest BCUT2D eigenvalue weighted by Gasteiger charge is 2.40. The normalized spacial score (nSPS) is 17.0. The third-order valence-electron chi connectivity index (χ3n) is 4.19. The molecular formula is C19H14ClF3N2O2S. The number of halogens is 4. The number of rotatable bonds is 3. The van der Waals surface area contributed by atoms with Gasteiger partial charge in [-0.25, -0.2) is 4.79 Å². The standard InChI is InChI=1S/C19H14ClF3N2O2S/c1-27-17(26)14-15(10-6-8-11(20)9-7-10)24-18(28)25-16(14)12-4-2-3-5-13(12)19(21,22)23/h2-9,16H,1H3,(H2,24,25,28)/t16-/m1/s1. The number of hydrogen-bond acceptors (Lipinski definition) is 3. The van der Waals surface area contributed by atoms with Crippen LogP contribution in [-0.2, 0) is 15.7 Å². The Hall–Kier alpha value is -2.58. The maximum atomic E-state index is 13.6. The van der Waals surface area contributed by atoms with Gasteiger partial charge in [0.25, 0.3) is 0 Å². The Morgan fingerprint density at radius 3 is 2.39 bits per heavy atom. The van der Waals surface area contributed by atoms with E-state index >= 15 is 0 Å². The zero-order chi connectivity index (χ0) is 20.5. The predicted octanol–water partition coefficient (Wildman–Crippen LogP) is 4.46. The summed E-state index contributed by atoms with van der Waals surface area (Å²) in [4.78, 5) is 12.6. The molecule has 0 saturated carbocycles. The van der Waals surface area contributed by atoms with E-state index in [0.717, 1.165) is 13.2 Å². The Morgan fingerprint density at radius 1 is 1.14 bits per heavy atom. The largest absolute Gasteiger partial charge is 0.466 e. The van der Waals surface area contributed by atoms with Crippen molar-refractivity contribution >= 4 is 40.6 Å². The summed E-state index contributed by atoms with van der Waals surface area (Å²) in [7, 11) is 1.16. The molecule has 0 aromatic heterocycles. The number of hydrogen-bond donors (Lipinski definition) is 2. The van der Waals surface area contributed by atoms with Crippen molar-refractivity contribution in [1.29, 1.82) is 0 Å². The number of esters is 1. The fourth-order valence-electron chi connectivity index (χ4n) is 2.98. The molecule has 146 valence electrons. The number of benzene rings is 2. The quantitative estimate of drug-likeness (QED) is 0.560. The Kier molecular flexibility index (Phi) is 5.62. The first-order valence-corrected chi connectivity index (χ1v) is 8.83. The van der Waals surface area contributed by atoms with Crippen molar-refractivity contribution in [2.75, 3.05) is 7.11 Å². The van der Waals surface area contributed by atoms with Gasteiger partial charge in [-0.05, 0) is 41.5 Å². The van der Waals surface area contributed by atoms with E-state index < -0.39 is 23.8 Å². The predicted molar refractivity (Wildman–Crippen MR) is 103 cm³/mol. The van der Waals surface area contributed by atoms with Gasteiger partial charge >= 0.3 is 12.1 Å². The molecule has 2 aromatic rings. The van der Waals surface area contributed by atoms with Crippen LogP contribution in [0.2, 0.25) is 5.02 Å². The molecule has 1 atom stereocenters. The van der Waals surface area contributed by atoms with Gasteiger partial charge in [-0.3, -0.25) is 0 Å². The van der Waals surface area contributed by atoms with Crippen LogP contribution in [0.4, 0.5) is 13.2 Å². The van der Waals surface area contributed by atoms with E-state index in [2.05, 4.69) is 10.6 Å². The van der Waals surface area contributed by atoms with E-state index in [9.17, 15) is 18.0 Å². The van der Waals surface area contributed by atoms with E-state index in [0.29, 0.717) is 10.6 Å². The number of ether oxygens (including phenoxy) is 1. The summed E-state index contributed by atoms with van der Waals surface area (Å²) < 4.78 is 45.5. The van der Waals surface area contributed by atoms with Crippen molar-refractivity contribution in [1.82, 2.24) is 10.6 Å². The van der Waals surface area contributed by atoms with E-state index in [1.54, 1.807) is 24.3 Å². The zero-order valence-electron chi connectivity index (χ0n) is 14.4. The number of alkyl halides is 3. The van der Waals surface area contributed by atoms with Crippen molar-refractivity contribution in [3.05, 3.63) is 75.8 Å². The Morgan fingerprint density at radius 2 is 1.79 bits per heavy atom. The minimum Gasteiger partial charge on any atom is -0.466 e. The molecule has 28 heavy (non-hydrogen) atoms. The van der Waals surface area contributed by atoms with Gasteiger partial charge in [-0.2, -0.15) is 13.2 Å². The number of methoxy groups -OCH3 is 1. The van der Waals surface area contributed by atoms with Crippen molar-refractivity contribution < 1.29 is 22.7 Å². The highest BCUT2D eigenvalue weighted by Crippen LogP contribution is 2.39. The SMILES string of the molecule is COC(=O)C1=C(c2ccc(Cl)cc2)NC(=S)N[C@@H]1c1ccccc1C(F)(F)F. The minimum atomic E-state index is -4.60. The second-order valence-corrected chi connectivity index (χ2v) is 6.75. The maximum absolute atomic E-state index is 13.6. The van der Waals surface area contributed by atoms with Gasteiger partial charge in [0, 0.05) is 5.02 Å². The molecule has 0 saturated heterocycles. The molecule has 0 bridgehead atoms. The Balaban J connectivity index is 2.25. The molecule has 0 spiro atoms. The van der Waals surface area contributed by atoms with Crippen LogP contribution < -0.4 is 10.6 Å². The summed E-state index contributed by atoms with van der Waals surface area (Å²) in [6.45, 7) is 0. The topological polar surface area (TPSA) is 50.4 Å². The number of nitrogens with one attached hydrogen (secondary N) is 2. The van der Waals surface area contributed by atoms with E-state index in [1.165, 1.54) is 18.2 Å². The highest BCUT2D eigenvalue weighted by molar-refractivity contribution is 7.80. The van der Waals surface area contributed by atoms with Crippen LogP contribution in [0, 0.1) is 0 Å². The fourth-order valence-corrected chi connectivity index (χ4v) is 3.32. The van der Waals surface area contributed by atoms with Crippen LogP contribution in [0.15, 0.2) is 54.1 Å². The molecule has 1 aliphatic rings. The summed E-state index contributed by atoms with van der Waals surface area (Å²) in [5.41, 5.74) is -0.229. The molecule has 0 fully saturated rings. The van der Waals surface area contributed by atoms with Crippen LogP contribution in [0.25, 0.3) is 5.70 Å². The second kappa shape index (κ2) is 7.81. The number of carbonyl (C=O) groups excluding carboxylic acids is 1. The van der Waals surface area contributed by atoms with Gasteiger partial charge in [-0.15, -0.1) is 0 Å². The van der Waals surface area contributed by atoms with Gasteiger partial charge in [0.2, 0.25) is 0 Å². The van der Waals surface area contributed by atoms with E-state index in [4.69, 9.17) is 28.6 Å². The smallest absolute Gasteiger partial charge is 0.416 e. The molecule has 2 N–H and O–H groups in total. The first-order chi connectivity index (χ1) is 13.2. The van der Waals surface area contributed by atoms with Gasteiger partial charge in [0.1, 0.15) is 0 Å². The lowest BCUT2D eigenvalue weighted by molar-refractivity contribution is -0.139. The summed E-state index contributed by atoms with van der Waals surface area (Å²) in [6, 6.07) is 10.3. The van der Waals surface area contributed by atoms with Crippen LogP contribution in [0.3, 0.4) is 0 Å². The summed E-state index contributed by atoms with van der Waals surface area (Å²) in [5, 5.41) is 6.16. The van der Waals surface area contributed by atoms with Gasteiger partial charge in [0.15, 0.2) is 5.11 Å². The fraction of sp³-hybridized carbons (Fsp3) is 0.158.